The average molecular weight is 839 g/mol. The number of nitrogens with one attached hydrogen (secondary N) is 3. The molecule has 0 bridgehead atoms. The standard InChI is InChI=1S/C45H47BN8O8/c1-6-48-45(59)42-53-52-41(33-23-32(27(4)5)36(55)24-37(33)56)54(42)29-12-14-30(15-13-29)60-31-16-17-38-39(22-31)62-46(61-38)40(20-26(2)3)51-43(57)34(21-28-10-8-7-9-11-28)50-44(58)35-25-47-18-19-49-35/h7-19,22-27,34,40,55-56H,6,20-21H2,1-5H3,(H,48,59)(H,50,58)(H,51,57)/t34?,40-/m0/s1. The third kappa shape index (κ3) is 9.78. The number of phenolic OH excluding ortho intramolecular Hbond substituents is 2. The number of aromatic hydroxyl groups is 2. The average Bonchev–Trinajstić information content (AvgIpc) is 3.89. The lowest BCUT2D eigenvalue weighted by Gasteiger charge is -2.25. The second-order valence-electron chi connectivity index (χ2n) is 15.5. The Morgan fingerprint density at radius 3 is 2.26 bits per heavy atom. The second-order valence-corrected chi connectivity index (χ2v) is 15.5. The number of ether oxygens (including phenoxy) is 1. The Kier molecular flexibility index (Phi) is 13.0. The van der Waals surface area contributed by atoms with E-state index in [4.69, 9.17) is 14.0 Å². The molecule has 1 unspecified atom stereocenters. The summed E-state index contributed by atoms with van der Waals surface area (Å²) < 4.78 is 20.3. The van der Waals surface area contributed by atoms with E-state index in [9.17, 15) is 24.6 Å². The maximum absolute atomic E-state index is 14.0. The second kappa shape index (κ2) is 18.9. The van der Waals surface area contributed by atoms with Gasteiger partial charge in [-0.1, -0.05) is 58.0 Å². The number of carbonyl (C=O) groups is 3. The molecule has 318 valence electrons. The smallest absolute Gasteiger partial charge is 0.522 e. The number of fused-ring (bicyclic) bond motifs is 1. The quantitative estimate of drug-likeness (QED) is 0.0693. The van der Waals surface area contributed by atoms with Gasteiger partial charge < -0.3 is 40.2 Å². The van der Waals surface area contributed by atoms with Crippen LogP contribution in [0.3, 0.4) is 0 Å². The summed E-state index contributed by atoms with van der Waals surface area (Å²) in [5.74, 6) is -0.174. The van der Waals surface area contributed by atoms with Crippen LogP contribution in [0.15, 0.2) is 104 Å². The SMILES string of the molecule is CCNC(=O)c1nnc(-c2cc(C(C)C)c(O)cc2O)n1-c1ccc(Oc2ccc3c(c2)OB([C@H](CC(C)C)NC(=O)C(Cc2ccccc2)NC(=O)c2cnccn2)O3)cc1. The summed E-state index contributed by atoms with van der Waals surface area (Å²) in [6.45, 7) is 10.0. The zero-order chi connectivity index (χ0) is 43.9. The largest absolute Gasteiger partial charge is 0.618 e. The van der Waals surface area contributed by atoms with E-state index in [1.165, 1.54) is 29.2 Å². The molecule has 3 heterocycles. The fourth-order valence-electron chi connectivity index (χ4n) is 7.04. The molecule has 17 heteroatoms. The third-order valence-corrected chi connectivity index (χ3v) is 10.0. The summed E-state index contributed by atoms with van der Waals surface area (Å²) in [7, 11) is -0.874. The molecular weight excluding hydrogens is 791 g/mol. The summed E-state index contributed by atoms with van der Waals surface area (Å²) in [5.41, 5.74) is 2.35. The topological polar surface area (TPSA) is 212 Å². The van der Waals surface area contributed by atoms with Crippen LogP contribution in [-0.2, 0) is 11.2 Å². The fraction of sp³-hybridized carbons (Fsp3) is 0.267. The molecule has 0 saturated carbocycles. The monoisotopic (exact) mass is 838 g/mol. The highest BCUT2D eigenvalue weighted by Gasteiger charge is 2.42. The molecule has 1 aliphatic rings. The van der Waals surface area contributed by atoms with Gasteiger partial charge in [-0.25, -0.2) is 4.98 Å². The van der Waals surface area contributed by atoms with E-state index in [1.807, 2.05) is 58.0 Å². The highest BCUT2D eigenvalue weighted by molar-refractivity contribution is 6.50. The molecule has 7 rings (SSSR count). The first-order chi connectivity index (χ1) is 29.9. The molecule has 1 aliphatic heterocycles. The van der Waals surface area contributed by atoms with Crippen molar-refractivity contribution >= 4 is 24.8 Å². The maximum Gasteiger partial charge on any atom is 0.618 e. The summed E-state index contributed by atoms with van der Waals surface area (Å²) in [6.07, 6.45) is 4.97. The first kappa shape index (κ1) is 42.7. The van der Waals surface area contributed by atoms with Gasteiger partial charge in [0.05, 0.1) is 17.7 Å². The van der Waals surface area contributed by atoms with E-state index >= 15 is 0 Å². The van der Waals surface area contributed by atoms with Crippen LogP contribution in [0.1, 0.15) is 79.2 Å². The van der Waals surface area contributed by atoms with Crippen molar-refractivity contribution < 1.29 is 38.6 Å². The van der Waals surface area contributed by atoms with E-state index in [-0.39, 0.29) is 47.1 Å². The summed E-state index contributed by atoms with van der Waals surface area (Å²) >= 11 is 0. The van der Waals surface area contributed by atoms with Gasteiger partial charge in [-0.05, 0) is 78.8 Å². The molecular formula is C45H47BN8O8. The number of benzene rings is 4. The minimum atomic E-state index is -0.939. The van der Waals surface area contributed by atoms with E-state index in [0.717, 1.165) is 5.56 Å². The van der Waals surface area contributed by atoms with Crippen LogP contribution in [-0.4, -0.2) is 78.3 Å². The number of nitrogens with zero attached hydrogens (tertiary/aromatic N) is 5. The van der Waals surface area contributed by atoms with Crippen LogP contribution in [0.5, 0.6) is 34.5 Å². The Balaban J connectivity index is 1.08. The molecule has 16 nitrogen and oxygen atoms in total. The molecule has 0 fully saturated rings. The predicted octanol–water partition coefficient (Wildman–Crippen LogP) is 6.17. The van der Waals surface area contributed by atoms with E-state index in [2.05, 4.69) is 36.1 Å². The van der Waals surface area contributed by atoms with Crippen molar-refractivity contribution in [2.45, 2.75) is 65.4 Å². The van der Waals surface area contributed by atoms with Crippen LogP contribution in [0.25, 0.3) is 17.1 Å². The van der Waals surface area contributed by atoms with Crippen molar-refractivity contribution in [3.05, 3.63) is 126 Å². The molecule has 62 heavy (non-hydrogen) atoms. The van der Waals surface area contributed by atoms with Gasteiger partial charge in [-0.3, -0.25) is 23.9 Å². The minimum absolute atomic E-state index is 0.00452. The summed E-state index contributed by atoms with van der Waals surface area (Å²) in [5, 5.41) is 38.5. The normalized spacial score (nSPS) is 12.9. The molecule has 5 N–H and O–H groups in total. The van der Waals surface area contributed by atoms with Crippen LogP contribution < -0.4 is 30.0 Å². The van der Waals surface area contributed by atoms with Crippen molar-refractivity contribution in [3.63, 3.8) is 0 Å². The molecule has 0 saturated heterocycles. The lowest BCUT2D eigenvalue weighted by atomic mass is 9.74. The fourth-order valence-corrected chi connectivity index (χ4v) is 7.04. The minimum Gasteiger partial charge on any atom is -0.522 e. The lowest BCUT2D eigenvalue weighted by molar-refractivity contribution is -0.123. The predicted molar refractivity (Wildman–Crippen MR) is 231 cm³/mol. The zero-order valence-corrected chi connectivity index (χ0v) is 34.9. The third-order valence-electron chi connectivity index (χ3n) is 10.0. The Bertz CT molecular complexity index is 2540. The van der Waals surface area contributed by atoms with Gasteiger partial charge in [-0.15, -0.1) is 10.2 Å². The van der Waals surface area contributed by atoms with Crippen molar-refractivity contribution in [2.75, 3.05) is 6.54 Å². The van der Waals surface area contributed by atoms with Crippen molar-refractivity contribution in [3.8, 4) is 51.6 Å². The molecule has 2 aromatic heterocycles. The molecule has 4 aromatic carbocycles. The lowest BCUT2D eigenvalue weighted by Crippen LogP contribution is -2.57. The van der Waals surface area contributed by atoms with E-state index < -0.39 is 36.8 Å². The molecule has 0 aliphatic carbocycles. The van der Waals surface area contributed by atoms with Gasteiger partial charge in [0.1, 0.15) is 46.2 Å². The van der Waals surface area contributed by atoms with E-state index in [1.54, 1.807) is 55.5 Å². The summed E-state index contributed by atoms with van der Waals surface area (Å²) in [4.78, 5) is 48.3. The highest BCUT2D eigenvalue weighted by Crippen LogP contribution is 2.40. The van der Waals surface area contributed by atoms with E-state index in [0.29, 0.717) is 52.8 Å². The Labute approximate surface area is 358 Å². The van der Waals surface area contributed by atoms with Crippen LogP contribution in [0, 0.1) is 5.92 Å². The Hall–Kier alpha value is -7.43. The number of hydrogen-bond acceptors (Lipinski definition) is 12. The van der Waals surface area contributed by atoms with Gasteiger partial charge in [0.15, 0.2) is 5.82 Å². The number of carbonyl (C=O) groups excluding carboxylic acids is 3. The van der Waals surface area contributed by atoms with Crippen molar-refractivity contribution in [1.82, 2.24) is 40.7 Å². The first-order valence-electron chi connectivity index (χ1n) is 20.3. The van der Waals surface area contributed by atoms with Gasteiger partial charge in [0, 0.05) is 43.2 Å². The summed E-state index contributed by atoms with van der Waals surface area (Å²) in [6, 6.07) is 23.4. The highest BCUT2D eigenvalue weighted by atomic mass is 16.6. The van der Waals surface area contributed by atoms with Crippen LogP contribution >= 0.6 is 0 Å². The molecule has 3 amide bonds. The Morgan fingerprint density at radius 1 is 0.823 bits per heavy atom. The van der Waals surface area contributed by atoms with Crippen LogP contribution in [0.2, 0.25) is 0 Å². The molecule has 0 spiro atoms. The number of hydrogen-bond donors (Lipinski definition) is 5. The van der Waals surface area contributed by atoms with Gasteiger partial charge in [0.25, 0.3) is 11.8 Å². The molecule has 0 radical (unpaired) electrons. The van der Waals surface area contributed by atoms with Crippen molar-refractivity contribution in [1.29, 1.82) is 0 Å². The number of rotatable bonds is 16. The van der Waals surface area contributed by atoms with Crippen molar-refractivity contribution in [2.24, 2.45) is 5.92 Å². The molecule has 2 atom stereocenters. The maximum atomic E-state index is 14.0. The van der Waals surface area contributed by atoms with Gasteiger partial charge in [0.2, 0.25) is 11.7 Å². The van der Waals surface area contributed by atoms with Gasteiger partial charge >= 0.3 is 7.12 Å². The van der Waals surface area contributed by atoms with Crippen LogP contribution in [0.4, 0.5) is 0 Å². The van der Waals surface area contributed by atoms with Gasteiger partial charge in [-0.2, -0.15) is 0 Å². The number of phenols is 2. The Morgan fingerprint density at radius 2 is 1.56 bits per heavy atom. The first-order valence-corrected chi connectivity index (χ1v) is 20.3. The number of aromatic nitrogens is 5. The number of amides is 3. The molecule has 6 aromatic rings. The zero-order valence-electron chi connectivity index (χ0n) is 34.9.